The van der Waals surface area contributed by atoms with Crippen LogP contribution in [0.15, 0.2) is 30.5 Å². The molecule has 0 spiro atoms. The van der Waals surface area contributed by atoms with E-state index in [1.54, 1.807) is 0 Å². The van der Waals surface area contributed by atoms with Crippen molar-refractivity contribution < 1.29 is 0 Å². The van der Waals surface area contributed by atoms with Crippen LogP contribution in [0.2, 0.25) is 0 Å². The van der Waals surface area contributed by atoms with Gasteiger partial charge in [0.15, 0.2) is 0 Å². The maximum Gasteiger partial charge on any atom is 0.101 e. The largest absolute Gasteiger partial charge is 0.248 e. The first-order valence-corrected chi connectivity index (χ1v) is 6.22. The zero-order valence-corrected chi connectivity index (χ0v) is 10.9. The fourth-order valence-corrected chi connectivity index (χ4v) is 1.72. The fourth-order valence-electron chi connectivity index (χ4n) is 1.62. The fraction of sp³-hybridized carbons (Fsp3) is 0.385. The maximum atomic E-state index is 6.11. The van der Waals surface area contributed by atoms with Crippen molar-refractivity contribution in [3.8, 4) is 0 Å². The number of nitrogens with zero attached hydrogens (tertiary/aromatic N) is 3. The van der Waals surface area contributed by atoms with Crippen molar-refractivity contribution in [3.05, 3.63) is 47.3 Å². The van der Waals surface area contributed by atoms with Gasteiger partial charge in [-0.15, -0.1) is 16.7 Å². The molecular weight excluding hydrogens is 234 g/mol. The van der Waals surface area contributed by atoms with Crippen LogP contribution in [-0.2, 0) is 6.54 Å². The summed E-state index contributed by atoms with van der Waals surface area (Å²) in [6.45, 7) is 4.86. The molecule has 0 amide bonds. The summed E-state index contributed by atoms with van der Waals surface area (Å²) in [6, 6.07) is 8.41. The van der Waals surface area contributed by atoms with Gasteiger partial charge in [0, 0.05) is 0 Å². The predicted molar refractivity (Wildman–Crippen MR) is 69.2 cm³/mol. The Labute approximate surface area is 106 Å². The van der Waals surface area contributed by atoms with E-state index in [2.05, 4.69) is 41.5 Å². The average molecular weight is 250 g/mol. The highest BCUT2D eigenvalue weighted by atomic mass is 35.5. The molecule has 0 bridgehead atoms. The van der Waals surface area contributed by atoms with Crippen LogP contribution in [0, 0.1) is 6.92 Å². The first kappa shape index (κ1) is 12.1. The summed E-state index contributed by atoms with van der Waals surface area (Å²) in [5.41, 5.74) is 3.33. The van der Waals surface area contributed by atoms with Crippen LogP contribution in [0.1, 0.15) is 35.5 Å². The summed E-state index contributed by atoms with van der Waals surface area (Å²) in [4.78, 5) is 0. The Hall–Kier alpha value is -1.35. The Morgan fingerprint density at radius 2 is 2.00 bits per heavy atom. The van der Waals surface area contributed by atoms with Gasteiger partial charge in [-0.05, 0) is 18.9 Å². The highest BCUT2D eigenvalue weighted by molar-refractivity contribution is 6.20. The molecule has 0 fully saturated rings. The summed E-state index contributed by atoms with van der Waals surface area (Å²) in [7, 11) is 0. The molecule has 3 nitrogen and oxygen atoms in total. The number of rotatable bonds is 4. The zero-order chi connectivity index (χ0) is 12.3. The minimum Gasteiger partial charge on any atom is -0.248 e. The summed E-state index contributed by atoms with van der Waals surface area (Å²) in [5.74, 6) is 0. The van der Waals surface area contributed by atoms with Crippen LogP contribution >= 0.6 is 11.6 Å². The standard InChI is InChI=1S/C13H16ClN3/c1-3-12(14)13-9-17(16-15-13)8-11-6-4-10(2)5-7-11/h4-7,9,12H,3,8H2,1-2H3. The summed E-state index contributed by atoms with van der Waals surface area (Å²) in [6.07, 6.45) is 2.78. The molecule has 0 N–H and O–H groups in total. The molecule has 0 radical (unpaired) electrons. The molecule has 0 aliphatic heterocycles. The van der Waals surface area contributed by atoms with Gasteiger partial charge < -0.3 is 0 Å². The van der Waals surface area contributed by atoms with Crippen molar-refractivity contribution in [2.75, 3.05) is 0 Å². The molecule has 0 aliphatic carbocycles. The number of hydrogen-bond acceptors (Lipinski definition) is 2. The lowest BCUT2D eigenvalue weighted by Crippen LogP contribution is -2.00. The maximum absolute atomic E-state index is 6.11. The van der Waals surface area contributed by atoms with Crippen molar-refractivity contribution in [3.63, 3.8) is 0 Å². The van der Waals surface area contributed by atoms with Crippen LogP contribution in [0.25, 0.3) is 0 Å². The molecule has 2 aromatic rings. The Balaban J connectivity index is 2.08. The molecule has 0 aliphatic rings. The molecule has 1 heterocycles. The third kappa shape index (κ3) is 3.07. The van der Waals surface area contributed by atoms with Gasteiger partial charge in [-0.1, -0.05) is 42.0 Å². The van der Waals surface area contributed by atoms with Crippen molar-refractivity contribution >= 4 is 11.6 Å². The quantitative estimate of drug-likeness (QED) is 0.779. The lowest BCUT2D eigenvalue weighted by Gasteiger charge is -2.01. The number of alkyl halides is 1. The van der Waals surface area contributed by atoms with Gasteiger partial charge in [0.2, 0.25) is 0 Å². The highest BCUT2D eigenvalue weighted by Crippen LogP contribution is 2.20. The van der Waals surface area contributed by atoms with E-state index in [1.807, 2.05) is 17.8 Å². The van der Waals surface area contributed by atoms with E-state index >= 15 is 0 Å². The van der Waals surface area contributed by atoms with Crippen LogP contribution in [0.4, 0.5) is 0 Å². The van der Waals surface area contributed by atoms with Crippen molar-refractivity contribution in [1.29, 1.82) is 0 Å². The van der Waals surface area contributed by atoms with Gasteiger partial charge in [-0.3, -0.25) is 0 Å². The molecule has 0 saturated heterocycles. The van der Waals surface area contributed by atoms with Crippen LogP contribution in [0.3, 0.4) is 0 Å². The second-order valence-corrected chi connectivity index (χ2v) is 4.73. The lowest BCUT2D eigenvalue weighted by atomic mass is 10.1. The van der Waals surface area contributed by atoms with Gasteiger partial charge in [-0.25, -0.2) is 4.68 Å². The topological polar surface area (TPSA) is 30.7 Å². The van der Waals surface area contributed by atoms with Crippen LogP contribution in [-0.4, -0.2) is 15.0 Å². The minimum atomic E-state index is -0.0400. The number of aromatic nitrogens is 3. The predicted octanol–water partition coefficient (Wildman–Crippen LogP) is 3.32. The van der Waals surface area contributed by atoms with E-state index in [4.69, 9.17) is 11.6 Å². The van der Waals surface area contributed by atoms with E-state index in [0.29, 0.717) is 0 Å². The Bertz CT molecular complexity index is 476. The van der Waals surface area contributed by atoms with E-state index in [9.17, 15) is 0 Å². The van der Waals surface area contributed by atoms with E-state index in [-0.39, 0.29) is 5.38 Å². The SMILES string of the molecule is CCC(Cl)c1cn(Cc2ccc(C)cc2)nn1. The third-order valence-corrected chi connectivity index (χ3v) is 3.23. The van der Waals surface area contributed by atoms with Gasteiger partial charge in [0.25, 0.3) is 0 Å². The van der Waals surface area contributed by atoms with E-state index < -0.39 is 0 Å². The Morgan fingerprint density at radius 1 is 1.29 bits per heavy atom. The number of halogens is 1. The molecule has 17 heavy (non-hydrogen) atoms. The second-order valence-electron chi connectivity index (χ2n) is 4.20. The van der Waals surface area contributed by atoms with Crippen LogP contribution in [0.5, 0.6) is 0 Å². The van der Waals surface area contributed by atoms with Crippen molar-refractivity contribution in [1.82, 2.24) is 15.0 Å². The number of aryl methyl sites for hydroxylation is 1. The molecule has 4 heteroatoms. The molecule has 2 rings (SSSR count). The van der Waals surface area contributed by atoms with Gasteiger partial charge in [0.05, 0.1) is 18.1 Å². The molecule has 0 saturated carbocycles. The number of benzene rings is 1. The highest BCUT2D eigenvalue weighted by Gasteiger charge is 2.09. The molecular formula is C13H16ClN3. The molecule has 1 aromatic carbocycles. The molecule has 1 unspecified atom stereocenters. The van der Waals surface area contributed by atoms with E-state index in [1.165, 1.54) is 11.1 Å². The third-order valence-electron chi connectivity index (χ3n) is 2.70. The normalized spacial score (nSPS) is 12.6. The van der Waals surface area contributed by atoms with E-state index in [0.717, 1.165) is 18.7 Å². The second kappa shape index (κ2) is 5.32. The van der Waals surface area contributed by atoms with Crippen molar-refractivity contribution in [2.45, 2.75) is 32.2 Å². The summed E-state index contributed by atoms with van der Waals surface area (Å²) in [5, 5.41) is 8.13. The summed E-state index contributed by atoms with van der Waals surface area (Å²) < 4.78 is 1.82. The Morgan fingerprint density at radius 3 is 2.65 bits per heavy atom. The lowest BCUT2D eigenvalue weighted by molar-refractivity contribution is 0.649. The zero-order valence-electron chi connectivity index (χ0n) is 10.1. The minimum absolute atomic E-state index is 0.0400. The first-order valence-electron chi connectivity index (χ1n) is 5.78. The average Bonchev–Trinajstić information content (AvgIpc) is 2.80. The number of hydrogen-bond donors (Lipinski definition) is 0. The van der Waals surface area contributed by atoms with Gasteiger partial charge in [-0.2, -0.15) is 0 Å². The van der Waals surface area contributed by atoms with Gasteiger partial charge in [0.1, 0.15) is 5.69 Å². The monoisotopic (exact) mass is 249 g/mol. The molecule has 1 atom stereocenters. The van der Waals surface area contributed by atoms with Gasteiger partial charge >= 0.3 is 0 Å². The molecule has 90 valence electrons. The smallest absolute Gasteiger partial charge is 0.101 e. The Kier molecular flexibility index (Phi) is 3.79. The van der Waals surface area contributed by atoms with Crippen LogP contribution < -0.4 is 0 Å². The summed E-state index contributed by atoms with van der Waals surface area (Å²) >= 11 is 6.11. The van der Waals surface area contributed by atoms with Crippen molar-refractivity contribution in [2.24, 2.45) is 0 Å². The molecule has 1 aromatic heterocycles. The first-order chi connectivity index (χ1) is 8.19.